The van der Waals surface area contributed by atoms with Crippen molar-refractivity contribution in [3.8, 4) is 5.75 Å². The van der Waals surface area contributed by atoms with Crippen LogP contribution >= 0.6 is 11.6 Å². The predicted molar refractivity (Wildman–Crippen MR) is 108 cm³/mol. The van der Waals surface area contributed by atoms with Gasteiger partial charge < -0.3 is 4.74 Å². The van der Waals surface area contributed by atoms with Gasteiger partial charge in [-0.3, -0.25) is 0 Å². The van der Waals surface area contributed by atoms with E-state index in [4.69, 9.17) is 16.3 Å². The van der Waals surface area contributed by atoms with Gasteiger partial charge in [0, 0.05) is 12.8 Å². The van der Waals surface area contributed by atoms with Crippen molar-refractivity contribution >= 4 is 31.5 Å². The summed E-state index contributed by atoms with van der Waals surface area (Å²) in [4.78, 5) is 0.0560. The fourth-order valence-corrected chi connectivity index (χ4v) is 6.45. The minimum Gasteiger partial charge on any atom is -0.487 e. The summed E-state index contributed by atoms with van der Waals surface area (Å²) in [7, 11) is -7.39. The summed E-state index contributed by atoms with van der Waals surface area (Å²) in [6.07, 6.45) is 1.28. The van der Waals surface area contributed by atoms with Crippen LogP contribution in [0.5, 0.6) is 5.75 Å². The quantitative estimate of drug-likeness (QED) is 0.708. The Labute approximate surface area is 171 Å². The number of hydrogen-bond acceptors (Lipinski definition) is 5. The molecule has 0 amide bonds. The monoisotopic (exact) mass is 443 g/mol. The molecule has 28 heavy (non-hydrogen) atoms. The van der Waals surface area contributed by atoms with Gasteiger partial charge in [0.15, 0.2) is 9.84 Å². The Kier molecular flexibility index (Phi) is 5.78. The molecular weight excluding hydrogens is 422 g/mol. The summed E-state index contributed by atoms with van der Waals surface area (Å²) in [5, 5.41) is 0.469. The third kappa shape index (κ3) is 4.20. The first-order chi connectivity index (χ1) is 13.0. The summed E-state index contributed by atoms with van der Waals surface area (Å²) in [6, 6.07) is 10.1. The van der Waals surface area contributed by atoms with Gasteiger partial charge in [-0.05, 0) is 55.7 Å². The van der Waals surface area contributed by atoms with Crippen LogP contribution in [0.1, 0.15) is 17.5 Å². The van der Waals surface area contributed by atoms with Crippen molar-refractivity contribution in [1.29, 1.82) is 0 Å². The van der Waals surface area contributed by atoms with Gasteiger partial charge in [-0.1, -0.05) is 23.7 Å². The van der Waals surface area contributed by atoms with E-state index in [2.05, 4.69) is 0 Å². The highest BCUT2D eigenvalue weighted by Crippen LogP contribution is 2.31. The van der Waals surface area contributed by atoms with Crippen molar-refractivity contribution in [3.05, 3.63) is 52.5 Å². The van der Waals surface area contributed by atoms with Crippen LogP contribution in [-0.2, 0) is 19.9 Å². The molecule has 0 aromatic heterocycles. The lowest BCUT2D eigenvalue weighted by molar-refractivity contribution is 0.215. The predicted octanol–water partition coefficient (Wildman–Crippen LogP) is 3.20. The molecule has 2 aromatic carbocycles. The molecular formula is C19H22ClNO5S2. The average Bonchev–Trinajstić information content (AvgIpc) is 3.07. The lowest BCUT2D eigenvalue weighted by Gasteiger charge is -2.20. The van der Waals surface area contributed by atoms with E-state index in [0.717, 1.165) is 6.26 Å². The fraction of sp³-hybridized carbons (Fsp3) is 0.368. The third-order valence-corrected chi connectivity index (χ3v) is 8.24. The SMILES string of the molecule is Cc1cc(S(C)(=O)=O)c(C)c(S(=O)(=O)N2CCC(Oc3ccccc3Cl)C2)c1. The maximum atomic E-state index is 13.2. The first-order valence-electron chi connectivity index (χ1n) is 8.73. The van der Waals surface area contributed by atoms with E-state index in [1.165, 1.54) is 23.4 Å². The van der Waals surface area contributed by atoms with Crippen LogP contribution in [0.2, 0.25) is 5.02 Å². The Morgan fingerprint density at radius 1 is 1.07 bits per heavy atom. The first-order valence-corrected chi connectivity index (χ1v) is 12.4. The smallest absolute Gasteiger partial charge is 0.243 e. The molecule has 0 saturated carbocycles. The summed E-state index contributed by atoms with van der Waals surface area (Å²) in [5.41, 5.74) is 0.816. The highest BCUT2D eigenvalue weighted by atomic mass is 35.5. The molecule has 6 nitrogen and oxygen atoms in total. The maximum absolute atomic E-state index is 13.2. The fourth-order valence-electron chi connectivity index (χ4n) is 3.32. The minimum atomic E-state index is -3.85. The summed E-state index contributed by atoms with van der Waals surface area (Å²) in [6.45, 7) is 3.67. The van der Waals surface area contributed by atoms with Crippen LogP contribution in [-0.4, -0.2) is 46.6 Å². The topological polar surface area (TPSA) is 80.8 Å². The van der Waals surface area contributed by atoms with Gasteiger partial charge in [0.1, 0.15) is 11.9 Å². The van der Waals surface area contributed by atoms with Gasteiger partial charge in [0.2, 0.25) is 10.0 Å². The molecule has 152 valence electrons. The number of para-hydroxylation sites is 1. The number of benzene rings is 2. The van der Waals surface area contributed by atoms with Gasteiger partial charge in [-0.25, -0.2) is 16.8 Å². The zero-order valence-corrected chi connectivity index (χ0v) is 18.2. The Morgan fingerprint density at radius 2 is 1.71 bits per heavy atom. The van der Waals surface area contributed by atoms with Crippen LogP contribution in [0.4, 0.5) is 0 Å². The van der Waals surface area contributed by atoms with Crippen molar-refractivity contribution in [1.82, 2.24) is 4.31 Å². The standard InChI is InChI=1S/C19H22ClNO5S2/c1-13-10-18(27(3,22)23)14(2)19(11-13)28(24,25)21-9-8-15(12-21)26-17-7-5-4-6-16(17)20/h4-7,10-11,15H,8-9,12H2,1-3H3. The molecule has 0 bridgehead atoms. The molecule has 2 aromatic rings. The number of halogens is 1. The van der Waals surface area contributed by atoms with E-state index in [-0.39, 0.29) is 28.0 Å². The number of sulfonamides is 1. The summed E-state index contributed by atoms with van der Waals surface area (Å²) < 4.78 is 57.7. The van der Waals surface area contributed by atoms with E-state index in [1.807, 2.05) is 0 Å². The van der Waals surface area contributed by atoms with Gasteiger partial charge in [-0.2, -0.15) is 4.31 Å². The van der Waals surface area contributed by atoms with Crippen LogP contribution in [0.25, 0.3) is 0 Å². The molecule has 0 spiro atoms. The molecule has 1 aliphatic heterocycles. The highest BCUT2D eigenvalue weighted by Gasteiger charge is 2.35. The summed E-state index contributed by atoms with van der Waals surface area (Å²) in [5.74, 6) is 0.513. The lowest BCUT2D eigenvalue weighted by Crippen LogP contribution is -2.31. The van der Waals surface area contributed by atoms with Gasteiger partial charge in [0.25, 0.3) is 0 Å². The Morgan fingerprint density at radius 3 is 2.36 bits per heavy atom. The third-order valence-electron chi connectivity index (χ3n) is 4.71. The number of nitrogens with zero attached hydrogens (tertiary/aromatic N) is 1. The van der Waals surface area contributed by atoms with Crippen molar-refractivity contribution < 1.29 is 21.6 Å². The van der Waals surface area contributed by atoms with Crippen molar-refractivity contribution in [2.24, 2.45) is 0 Å². The van der Waals surface area contributed by atoms with Crippen LogP contribution in [0, 0.1) is 13.8 Å². The van der Waals surface area contributed by atoms with E-state index in [0.29, 0.717) is 29.3 Å². The zero-order valence-electron chi connectivity index (χ0n) is 15.8. The zero-order chi connectivity index (χ0) is 20.7. The van der Waals surface area contributed by atoms with Crippen LogP contribution < -0.4 is 4.74 Å². The second-order valence-corrected chi connectivity index (χ2v) is 11.3. The van der Waals surface area contributed by atoms with E-state index in [9.17, 15) is 16.8 Å². The van der Waals surface area contributed by atoms with Gasteiger partial charge in [0.05, 0.1) is 21.4 Å². The van der Waals surface area contributed by atoms with Gasteiger partial charge >= 0.3 is 0 Å². The second-order valence-electron chi connectivity index (χ2n) is 6.98. The van der Waals surface area contributed by atoms with E-state index in [1.54, 1.807) is 31.2 Å². The molecule has 3 rings (SSSR count). The number of sulfone groups is 1. The van der Waals surface area contributed by atoms with Crippen molar-refractivity contribution in [2.75, 3.05) is 19.3 Å². The molecule has 1 saturated heterocycles. The molecule has 1 heterocycles. The van der Waals surface area contributed by atoms with Gasteiger partial charge in [-0.15, -0.1) is 0 Å². The molecule has 1 aliphatic rings. The second kappa shape index (κ2) is 7.67. The molecule has 1 fully saturated rings. The Balaban J connectivity index is 1.89. The minimum absolute atomic E-state index is 0.0197. The van der Waals surface area contributed by atoms with Crippen LogP contribution in [0.3, 0.4) is 0 Å². The summed E-state index contributed by atoms with van der Waals surface area (Å²) >= 11 is 6.11. The number of aryl methyl sites for hydroxylation is 1. The highest BCUT2D eigenvalue weighted by molar-refractivity contribution is 7.91. The maximum Gasteiger partial charge on any atom is 0.243 e. The Hall–Kier alpha value is -1.61. The first kappa shape index (κ1) is 21.1. The molecule has 1 atom stereocenters. The molecule has 1 unspecified atom stereocenters. The largest absolute Gasteiger partial charge is 0.487 e. The number of ether oxygens (including phenoxy) is 1. The van der Waals surface area contributed by atoms with Crippen LogP contribution in [0.15, 0.2) is 46.2 Å². The average molecular weight is 444 g/mol. The van der Waals surface area contributed by atoms with Crippen molar-refractivity contribution in [3.63, 3.8) is 0 Å². The molecule has 0 N–H and O–H groups in total. The Bertz CT molecular complexity index is 1110. The number of rotatable bonds is 5. The van der Waals surface area contributed by atoms with Crippen molar-refractivity contribution in [2.45, 2.75) is 36.2 Å². The van der Waals surface area contributed by atoms with E-state index >= 15 is 0 Å². The normalized spacial score (nSPS) is 18.4. The molecule has 9 heteroatoms. The molecule has 0 aliphatic carbocycles. The molecule has 0 radical (unpaired) electrons. The lowest BCUT2D eigenvalue weighted by atomic mass is 10.2. The van der Waals surface area contributed by atoms with E-state index < -0.39 is 19.9 Å². The number of hydrogen-bond donors (Lipinski definition) is 0.